The molecule has 5 rings (SSSR count). The predicted molar refractivity (Wildman–Crippen MR) is 141 cm³/mol. The first kappa shape index (κ1) is 23.1. The summed E-state index contributed by atoms with van der Waals surface area (Å²) in [6.45, 7) is 0.169. The van der Waals surface area contributed by atoms with Gasteiger partial charge in [0.1, 0.15) is 12.6 Å². The summed E-state index contributed by atoms with van der Waals surface area (Å²) in [6, 6.07) is 28.8. The van der Waals surface area contributed by atoms with Crippen LogP contribution in [0.3, 0.4) is 0 Å². The summed E-state index contributed by atoms with van der Waals surface area (Å²) in [4.78, 5) is 33.1. The molecule has 4 aromatic rings. The lowest BCUT2D eigenvalue weighted by Crippen LogP contribution is -2.44. The van der Waals surface area contributed by atoms with Gasteiger partial charge in [0, 0.05) is 11.3 Å². The second kappa shape index (κ2) is 10.8. The summed E-state index contributed by atoms with van der Waals surface area (Å²) in [5, 5.41) is 3.45. The monoisotopic (exact) mass is 501 g/mol. The van der Waals surface area contributed by atoms with Crippen LogP contribution in [0.5, 0.6) is 0 Å². The van der Waals surface area contributed by atoms with E-state index in [4.69, 9.17) is 9.72 Å². The van der Waals surface area contributed by atoms with Crippen molar-refractivity contribution in [2.24, 2.45) is 0 Å². The molecule has 0 radical (unpaired) electrons. The molecular weight excluding hydrogens is 478 g/mol. The van der Waals surface area contributed by atoms with Crippen molar-refractivity contribution in [1.29, 1.82) is 0 Å². The van der Waals surface area contributed by atoms with Crippen LogP contribution in [0.15, 0.2) is 91.0 Å². The lowest BCUT2D eigenvalue weighted by molar-refractivity contribution is -0.119. The third-order valence-electron chi connectivity index (χ3n) is 5.57. The molecule has 1 aliphatic rings. The van der Waals surface area contributed by atoms with Crippen molar-refractivity contribution in [2.75, 3.05) is 16.9 Å². The Morgan fingerprint density at radius 1 is 0.914 bits per heavy atom. The van der Waals surface area contributed by atoms with Crippen LogP contribution in [0.1, 0.15) is 5.56 Å². The van der Waals surface area contributed by atoms with Gasteiger partial charge in [0.15, 0.2) is 5.13 Å². The molecule has 1 N–H and O–H groups in total. The smallest absolute Gasteiger partial charge is 0.411 e. The fraction of sp³-hybridized carbons (Fsp3) is 0.148. The minimum Gasteiger partial charge on any atom is -0.445 e. The van der Waals surface area contributed by atoms with Gasteiger partial charge in [-0.25, -0.2) is 9.78 Å². The van der Waals surface area contributed by atoms with E-state index in [9.17, 15) is 9.59 Å². The van der Waals surface area contributed by atoms with E-state index in [0.29, 0.717) is 16.8 Å². The SMILES string of the molecule is O=C(Nc1nc(-c2ccccc2)c(-c2ccccc2)s1)[C@@H]1CSCN1C(=O)OCc1ccccc1. The summed E-state index contributed by atoms with van der Waals surface area (Å²) in [5.74, 6) is 0.655. The van der Waals surface area contributed by atoms with Crippen molar-refractivity contribution >= 4 is 40.2 Å². The van der Waals surface area contributed by atoms with Gasteiger partial charge in [-0.1, -0.05) is 102 Å². The van der Waals surface area contributed by atoms with Gasteiger partial charge in [-0.2, -0.15) is 0 Å². The molecule has 2 heterocycles. The molecule has 176 valence electrons. The number of hydrogen-bond donors (Lipinski definition) is 1. The standard InChI is InChI=1S/C27H23N3O3S2/c31-25(22-17-34-18-30(22)27(32)33-16-19-10-4-1-5-11-19)29-26-28-23(20-12-6-2-7-13-20)24(35-26)21-14-8-3-9-15-21/h1-15,22H,16-18H2,(H,28,29,31)/t22-/m0/s1. The molecule has 3 aromatic carbocycles. The molecule has 1 atom stereocenters. The van der Waals surface area contributed by atoms with E-state index >= 15 is 0 Å². The van der Waals surface area contributed by atoms with Crippen molar-refractivity contribution < 1.29 is 14.3 Å². The Balaban J connectivity index is 1.32. The first-order valence-electron chi connectivity index (χ1n) is 11.2. The first-order chi connectivity index (χ1) is 17.2. The van der Waals surface area contributed by atoms with Gasteiger partial charge in [-0.05, 0) is 11.1 Å². The fourth-order valence-corrected chi connectivity index (χ4v) is 5.92. The zero-order valence-electron chi connectivity index (χ0n) is 18.8. The molecule has 0 saturated carbocycles. The average Bonchev–Trinajstić information content (AvgIpc) is 3.57. The maximum atomic E-state index is 13.2. The van der Waals surface area contributed by atoms with Gasteiger partial charge >= 0.3 is 6.09 Å². The van der Waals surface area contributed by atoms with Gasteiger partial charge in [0.2, 0.25) is 5.91 Å². The largest absolute Gasteiger partial charge is 0.445 e. The highest BCUT2D eigenvalue weighted by Crippen LogP contribution is 2.39. The van der Waals surface area contributed by atoms with E-state index < -0.39 is 12.1 Å². The van der Waals surface area contributed by atoms with Gasteiger partial charge in [-0.15, -0.1) is 11.8 Å². The van der Waals surface area contributed by atoms with E-state index in [1.807, 2.05) is 91.0 Å². The number of hydrogen-bond acceptors (Lipinski definition) is 6. The summed E-state index contributed by atoms with van der Waals surface area (Å²) < 4.78 is 5.46. The maximum absolute atomic E-state index is 13.2. The molecular formula is C27H23N3O3S2. The fourth-order valence-electron chi connectivity index (χ4n) is 3.78. The number of thioether (sulfide) groups is 1. The van der Waals surface area contributed by atoms with Gasteiger partial charge in [0.25, 0.3) is 0 Å². The molecule has 0 aliphatic carbocycles. The van der Waals surface area contributed by atoms with Crippen LogP contribution >= 0.6 is 23.1 Å². The number of rotatable bonds is 6. The van der Waals surface area contributed by atoms with Crippen LogP contribution in [0.2, 0.25) is 0 Å². The number of aromatic nitrogens is 1. The highest BCUT2D eigenvalue weighted by Gasteiger charge is 2.36. The Bertz CT molecular complexity index is 1240. The molecule has 35 heavy (non-hydrogen) atoms. The highest BCUT2D eigenvalue weighted by molar-refractivity contribution is 7.99. The van der Waals surface area contributed by atoms with Crippen LogP contribution in [0.25, 0.3) is 21.7 Å². The lowest BCUT2D eigenvalue weighted by Gasteiger charge is -2.22. The van der Waals surface area contributed by atoms with Crippen LogP contribution in [0, 0.1) is 0 Å². The number of benzene rings is 3. The van der Waals surface area contributed by atoms with Crippen LogP contribution in [0.4, 0.5) is 9.93 Å². The van der Waals surface area contributed by atoms with Crippen molar-refractivity contribution in [3.63, 3.8) is 0 Å². The van der Waals surface area contributed by atoms with Crippen molar-refractivity contribution in [1.82, 2.24) is 9.88 Å². The van der Waals surface area contributed by atoms with Crippen LogP contribution in [-0.2, 0) is 16.1 Å². The van der Waals surface area contributed by atoms with Crippen LogP contribution in [-0.4, -0.2) is 39.6 Å². The van der Waals surface area contributed by atoms with Gasteiger partial charge < -0.3 is 10.1 Å². The summed E-state index contributed by atoms with van der Waals surface area (Å²) in [5.41, 5.74) is 3.73. The Labute approximate surface area is 212 Å². The average molecular weight is 502 g/mol. The molecule has 8 heteroatoms. The number of carbonyl (C=O) groups is 2. The molecule has 0 bridgehead atoms. The van der Waals surface area contributed by atoms with E-state index in [0.717, 1.165) is 27.3 Å². The number of nitrogens with zero attached hydrogens (tertiary/aromatic N) is 2. The second-order valence-corrected chi connectivity index (χ2v) is 9.94. The maximum Gasteiger partial charge on any atom is 0.411 e. The van der Waals surface area contributed by atoms with E-state index in [2.05, 4.69) is 5.32 Å². The normalized spacial score (nSPS) is 15.1. The summed E-state index contributed by atoms with van der Waals surface area (Å²) >= 11 is 2.96. The number of thiazole rings is 1. The third-order valence-corrected chi connectivity index (χ3v) is 7.60. The third kappa shape index (κ3) is 5.39. The van der Waals surface area contributed by atoms with Gasteiger partial charge in [0.05, 0.1) is 16.4 Å². The van der Waals surface area contributed by atoms with Crippen LogP contribution < -0.4 is 5.32 Å². The number of nitrogens with one attached hydrogen (secondary N) is 1. The molecule has 0 unspecified atom stereocenters. The Kier molecular flexibility index (Phi) is 7.11. The molecule has 1 aromatic heterocycles. The quantitative estimate of drug-likeness (QED) is 0.344. The number of amides is 2. The molecule has 0 spiro atoms. The van der Waals surface area contributed by atoms with Gasteiger partial charge in [-0.3, -0.25) is 9.69 Å². The molecule has 1 fully saturated rings. The zero-order valence-corrected chi connectivity index (χ0v) is 20.4. The summed E-state index contributed by atoms with van der Waals surface area (Å²) in [6.07, 6.45) is -0.493. The number of ether oxygens (including phenoxy) is 1. The Hall–Kier alpha value is -3.62. The van der Waals surface area contributed by atoms with Crippen molar-refractivity contribution in [2.45, 2.75) is 12.6 Å². The Morgan fingerprint density at radius 3 is 2.23 bits per heavy atom. The van der Waals surface area contributed by atoms with E-state index in [1.54, 1.807) is 0 Å². The zero-order chi connectivity index (χ0) is 24.0. The second-order valence-electron chi connectivity index (χ2n) is 7.94. The van der Waals surface area contributed by atoms with Crippen molar-refractivity contribution in [3.8, 4) is 21.7 Å². The highest BCUT2D eigenvalue weighted by atomic mass is 32.2. The number of anilines is 1. The lowest BCUT2D eigenvalue weighted by atomic mass is 10.1. The molecule has 2 amide bonds. The summed E-state index contributed by atoms with van der Waals surface area (Å²) in [7, 11) is 0. The topological polar surface area (TPSA) is 71.5 Å². The molecule has 1 aliphatic heterocycles. The van der Waals surface area contributed by atoms with E-state index in [-0.39, 0.29) is 12.5 Å². The Morgan fingerprint density at radius 2 is 1.54 bits per heavy atom. The molecule has 1 saturated heterocycles. The first-order valence-corrected chi connectivity index (χ1v) is 13.1. The minimum atomic E-state index is -0.618. The molecule has 6 nitrogen and oxygen atoms in total. The predicted octanol–water partition coefficient (Wildman–Crippen LogP) is 6.13. The van der Waals surface area contributed by atoms with Crippen molar-refractivity contribution in [3.05, 3.63) is 96.6 Å². The number of carbonyl (C=O) groups excluding carboxylic acids is 2. The van der Waals surface area contributed by atoms with E-state index in [1.165, 1.54) is 28.0 Å². The minimum absolute atomic E-state index is 0.169.